The average Bonchev–Trinajstić information content (AvgIpc) is 0.694. The first kappa shape index (κ1) is 82.1. The molecule has 2 N–H and O–H groups in total. The second kappa shape index (κ2) is 29.2. The largest absolute Gasteiger partial charge is 0.395 e. The van der Waals surface area contributed by atoms with E-state index in [2.05, 4.69) is 300 Å². The van der Waals surface area contributed by atoms with Gasteiger partial charge in [-0.25, -0.2) is 0 Å². The molecule has 0 spiro atoms. The lowest BCUT2D eigenvalue weighted by molar-refractivity contribution is -0.137. The van der Waals surface area contributed by atoms with Crippen molar-refractivity contribution in [2.24, 2.45) is 0 Å². The Bertz CT molecular complexity index is 4610. The van der Waals surface area contributed by atoms with Gasteiger partial charge in [0.25, 0.3) is 0 Å². The van der Waals surface area contributed by atoms with Gasteiger partial charge >= 0.3 is 11.8 Å². The SMILES string of the molecule is [2H]C(O)C(c1cc(C)c(-c2cc(C(C)(C)C)c(S)cc2C)cc1C(C)(C)C)(c1cc(C)c(-c2cc(C(C)(C)C)c(S)cc2C)cc1C(C)(C)C)N(C(=O)C(=O)N(CCO)c1cc(C)c(-c2cc(C(C)(C)C)c(S)cc2C)cc1C(C)(C)C)c1cc(C)c(-c2cc(C(C)(C)C)c(S)cc2C)cc1C(C)(C)C. The highest BCUT2D eigenvalue weighted by Crippen LogP contribution is 2.54. The van der Waals surface area contributed by atoms with Crippen molar-refractivity contribution in [3.05, 3.63) is 197 Å². The van der Waals surface area contributed by atoms with Crippen LogP contribution in [0.2, 0.25) is 0 Å². The van der Waals surface area contributed by atoms with Crippen molar-refractivity contribution in [2.45, 2.75) is 290 Å². The van der Waals surface area contributed by atoms with Crippen molar-refractivity contribution in [2.75, 3.05) is 29.5 Å². The normalized spacial score (nSPS) is 13.5. The molecule has 0 aliphatic rings. The molecular formula is C94H124N2O4S4. The fourth-order valence-corrected chi connectivity index (χ4v) is 17.8. The third kappa shape index (κ3) is 16.4. The molecule has 0 aliphatic heterocycles. The van der Waals surface area contributed by atoms with Crippen LogP contribution < -0.4 is 9.80 Å². The summed E-state index contributed by atoms with van der Waals surface area (Å²) in [4.78, 5) is 42.4. The molecule has 0 aromatic heterocycles. The zero-order valence-electron chi connectivity index (χ0n) is 70.1. The number of aliphatic hydroxyl groups excluding tert-OH is 2. The molecule has 0 saturated heterocycles. The summed E-state index contributed by atoms with van der Waals surface area (Å²) >= 11 is 20.2. The van der Waals surface area contributed by atoms with Crippen LogP contribution in [0.4, 0.5) is 11.4 Å². The Kier molecular flexibility index (Phi) is 23.0. The lowest BCUT2D eigenvalue weighted by Gasteiger charge is -2.49. The van der Waals surface area contributed by atoms with Crippen LogP contribution in [0.15, 0.2) is 117 Å². The van der Waals surface area contributed by atoms with Crippen LogP contribution in [0.25, 0.3) is 44.5 Å². The number of hydrogen-bond donors (Lipinski definition) is 6. The summed E-state index contributed by atoms with van der Waals surface area (Å²) in [7, 11) is 0. The summed E-state index contributed by atoms with van der Waals surface area (Å²) in [6.07, 6.45) is 0. The number of rotatable bonds is 12. The van der Waals surface area contributed by atoms with E-state index in [1.165, 1.54) is 4.90 Å². The summed E-state index contributed by atoms with van der Waals surface area (Å²) in [5.74, 6) is -1.94. The Balaban J connectivity index is 1.69. The van der Waals surface area contributed by atoms with Gasteiger partial charge in [-0.1, -0.05) is 178 Å². The molecule has 8 aromatic rings. The zero-order chi connectivity index (χ0) is 79.6. The van der Waals surface area contributed by atoms with Crippen molar-refractivity contribution >= 4 is 73.7 Å². The lowest BCUT2D eigenvalue weighted by Crippen LogP contribution is -2.59. The monoisotopic (exact) mass is 1470 g/mol. The van der Waals surface area contributed by atoms with E-state index < -0.39 is 52.2 Å². The summed E-state index contributed by atoms with van der Waals surface area (Å²) < 4.78 is 11.1. The van der Waals surface area contributed by atoms with E-state index in [0.29, 0.717) is 28.1 Å². The number of thiol groups is 4. The molecule has 0 radical (unpaired) electrons. The number of aryl methyl sites for hydroxylation is 8. The van der Waals surface area contributed by atoms with Crippen LogP contribution in [-0.2, 0) is 58.4 Å². The summed E-state index contributed by atoms with van der Waals surface area (Å²) in [5.41, 5.74) is 18.1. The second-order valence-corrected chi connectivity index (χ2v) is 40.2. The fraction of sp³-hybridized carbons (Fsp3) is 0.468. The molecular weight excluding hydrogens is 1350 g/mol. The molecule has 104 heavy (non-hydrogen) atoms. The molecule has 2 amide bonds. The van der Waals surface area contributed by atoms with Gasteiger partial charge in [-0.2, -0.15) is 0 Å². The van der Waals surface area contributed by atoms with Crippen molar-refractivity contribution in [1.29, 1.82) is 0 Å². The van der Waals surface area contributed by atoms with Crippen molar-refractivity contribution in [1.82, 2.24) is 0 Å². The molecule has 6 nitrogen and oxygen atoms in total. The van der Waals surface area contributed by atoms with Crippen LogP contribution in [-0.4, -0.2) is 41.8 Å². The number of anilines is 2. The standard InChI is InChI=1S/C94H124N2O4S4/c1-52-35-70(68(86(9,10)11)43-60(52)64-47-74(90(21,22)23)80(101)39-56(64)5)94(51-98,71-36-53(2)61(44-69(71)87(12,13)14)65-48-75(91(24,25)26)81(102)40-57(65)6)96(79-38-55(4)63(46-73(79)89(18,19)20)67-50-77(93(30,31)32)83(104)42-59(67)8)85(100)84(99)95(33-34-97)78-37-54(3)62(45-72(78)88(15,16)17)66-49-76(92(27,28)29)82(103)41-58(66)7/h35-50,97-98,101-104H,33-34,51H2,1-32H3/i51D. The molecule has 1 unspecified atom stereocenters. The minimum Gasteiger partial charge on any atom is -0.395 e. The highest BCUT2D eigenvalue weighted by atomic mass is 32.1. The summed E-state index contributed by atoms with van der Waals surface area (Å²) in [6.45, 7) is 65.7. The smallest absolute Gasteiger partial charge is 0.318 e. The second-order valence-electron chi connectivity index (χ2n) is 38.2. The Hall–Kier alpha value is -5.98. The van der Waals surface area contributed by atoms with Gasteiger partial charge in [-0.05, 0) is 328 Å². The van der Waals surface area contributed by atoms with Gasteiger partial charge in [0, 0.05) is 37.5 Å². The molecule has 0 fully saturated rings. The molecule has 0 heterocycles. The summed E-state index contributed by atoms with van der Waals surface area (Å²) in [5, 5.41) is 25.9. The number of benzene rings is 8. The van der Waals surface area contributed by atoms with E-state index in [1.54, 1.807) is 4.90 Å². The van der Waals surface area contributed by atoms with E-state index >= 15 is 9.59 Å². The number of amides is 2. The Morgan fingerprint density at radius 1 is 0.298 bits per heavy atom. The Morgan fingerprint density at radius 2 is 0.510 bits per heavy atom. The fourth-order valence-electron chi connectivity index (χ4n) is 15.5. The molecule has 1 atom stereocenters. The number of hydrogen-bond acceptors (Lipinski definition) is 8. The van der Waals surface area contributed by atoms with Gasteiger partial charge in [0.2, 0.25) is 0 Å². The van der Waals surface area contributed by atoms with E-state index in [9.17, 15) is 11.6 Å². The summed E-state index contributed by atoms with van der Waals surface area (Å²) in [6, 6.07) is 34.6. The first-order valence-corrected chi connectivity index (χ1v) is 38.9. The molecule has 8 aromatic carbocycles. The zero-order valence-corrected chi connectivity index (χ0v) is 72.7. The van der Waals surface area contributed by atoms with Crippen LogP contribution in [0, 0.1) is 55.4 Å². The highest BCUT2D eigenvalue weighted by Gasteiger charge is 2.53. The maximum Gasteiger partial charge on any atom is 0.318 e. The number of carbonyl (C=O) groups is 2. The molecule has 10 heteroatoms. The van der Waals surface area contributed by atoms with Crippen LogP contribution >= 0.6 is 50.5 Å². The number of nitrogens with zero attached hydrogens (tertiary/aromatic N) is 2. The third-order valence-electron chi connectivity index (χ3n) is 21.3. The lowest BCUT2D eigenvalue weighted by atomic mass is 9.67. The topological polar surface area (TPSA) is 81.1 Å². The van der Waals surface area contributed by atoms with Gasteiger partial charge in [0.1, 0.15) is 5.54 Å². The van der Waals surface area contributed by atoms with Crippen molar-refractivity contribution in [3.63, 3.8) is 0 Å². The molecule has 8 rings (SSSR count). The maximum atomic E-state index is 18.3. The van der Waals surface area contributed by atoms with Crippen LogP contribution in [0.3, 0.4) is 0 Å². The highest BCUT2D eigenvalue weighted by molar-refractivity contribution is 7.80. The van der Waals surface area contributed by atoms with Gasteiger partial charge in [-0.3, -0.25) is 14.5 Å². The molecule has 0 saturated carbocycles. The number of aliphatic hydroxyl groups is 2. The minimum absolute atomic E-state index is 0.221. The predicted octanol–water partition coefficient (Wildman–Crippen LogP) is 24.7. The molecule has 0 aliphatic carbocycles. The van der Waals surface area contributed by atoms with E-state index in [4.69, 9.17) is 50.5 Å². The van der Waals surface area contributed by atoms with Crippen molar-refractivity contribution < 1.29 is 21.2 Å². The quantitative estimate of drug-likeness (QED) is 0.0544. The first-order chi connectivity index (χ1) is 47.7. The van der Waals surface area contributed by atoms with Gasteiger partial charge < -0.3 is 15.1 Å². The Labute approximate surface area is 651 Å². The third-order valence-corrected chi connectivity index (χ3v) is 22.7. The predicted molar refractivity (Wildman–Crippen MR) is 459 cm³/mol. The van der Waals surface area contributed by atoms with E-state index in [1.807, 2.05) is 19.1 Å². The Morgan fingerprint density at radius 3 is 0.750 bits per heavy atom. The van der Waals surface area contributed by atoms with Gasteiger partial charge in [0.05, 0.1) is 14.6 Å². The van der Waals surface area contributed by atoms with Gasteiger partial charge in [0.15, 0.2) is 0 Å². The first-order valence-electron chi connectivity index (χ1n) is 37.7. The average molecular weight is 1480 g/mol. The van der Waals surface area contributed by atoms with E-state index in [-0.39, 0.29) is 28.2 Å². The molecule has 0 bridgehead atoms. The van der Waals surface area contributed by atoms with Crippen LogP contribution in [0.1, 0.15) is 268 Å². The van der Waals surface area contributed by atoms with Crippen molar-refractivity contribution in [3.8, 4) is 44.5 Å². The van der Waals surface area contributed by atoms with E-state index in [0.717, 1.165) is 148 Å². The van der Waals surface area contributed by atoms with Crippen LogP contribution in [0.5, 0.6) is 0 Å². The minimum atomic E-state index is -2.29. The maximum absolute atomic E-state index is 18.3. The van der Waals surface area contributed by atoms with Gasteiger partial charge in [-0.15, -0.1) is 50.5 Å². The molecule has 558 valence electrons. The number of carbonyl (C=O) groups excluding carboxylic acids is 2.